The molecule has 4 heteroatoms. The third-order valence-corrected chi connectivity index (χ3v) is 2.91. The van der Waals surface area contributed by atoms with Gasteiger partial charge in [0.2, 0.25) is 0 Å². The van der Waals surface area contributed by atoms with Crippen molar-refractivity contribution in [3.63, 3.8) is 0 Å². The van der Waals surface area contributed by atoms with Gasteiger partial charge < -0.3 is 15.3 Å². The molecule has 0 aromatic carbocycles. The third kappa shape index (κ3) is 2.58. The molecule has 1 unspecified atom stereocenters. The third-order valence-electron chi connectivity index (χ3n) is 2.91. The van der Waals surface area contributed by atoms with E-state index in [2.05, 4.69) is 0 Å². The number of allylic oxidation sites excluding steroid dienone is 3. The molecular formula is C12H18O4. The van der Waals surface area contributed by atoms with Gasteiger partial charge in [-0.15, -0.1) is 0 Å². The molecule has 1 aliphatic carbocycles. The van der Waals surface area contributed by atoms with E-state index in [0.29, 0.717) is 0 Å². The minimum Gasteiger partial charge on any atom is -0.390 e. The Balaban J connectivity index is 2.98. The van der Waals surface area contributed by atoms with Crippen LogP contribution >= 0.6 is 0 Å². The molecule has 4 nitrogen and oxygen atoms in total. The SMILES string of the molecule is C/C=C/[C@H]1C=C[C@@H](O)[C@@H](O)[C@@H]1C(O)C(C)=O. The maximum absolute atomic E-state index is 11.2. The molecule has 16 heavy (non-hydrogen) atoms. The van der Waals surface area contributed by atoms with Gasteiger partial charge in [-0.2, -0.15) is 0 Å². The Bertz CT molecular complexity index is 308. The lowest BCUT2D eigenvalue weighted by atomic mass is 9.76. The quantitative estimate of drug-likeness (QED) is 0.594. The fourth-order valence-corrected chi connectivity index (χ4v) is 2.02. The zero-order chi connectivity index (χ0) is 12.3. The molecule has 3 N–H and O–H groups in total. The second kappa shape index (κ2) is 5.39. The van der Waals surface area contributed by atoms with Gasteiger partial charge in [-0.3, -0.25) is 4.79 Å². The summed E-state index contributed by atoms with van der Waals surface area (Å²) in [6, 6.07) is 0. The van der Waals surface area contributed by atoms with Crippen LogP contribution in [-0.4, -0.2) is 39.4 Å². The fourth-order valence-electron chi connectivity index (χ4n) is 2.02. The first-order valence-corrected chi connectivity index (χ1v) is 5.34. The summed E-state index contributed by atoms with van der Waals surface area (Å²) in [7, 11) is 0. The molecule has 0 spiro atoms. The molecule has 1 rings (SSSR count). The number of Topliss-reactive ketones (excluding diaryl/α,β-unsaturated/α-hetero) is 1. The standard InChI is InChI=1S/C12H18O4/c1-3-4-8-5-6-9(14)12(16)10(8)11(15)7(2)13/h3-6,8-12,14-16H,1-2H3/b4-3+/t8-,9+,10-,11?,12+/m0/s1. The first-order chi connectivity index (χ1) is 7.49. The summed E-state index contributed by atoms with van der Waals surface area (Å²) in [6.45, 7) is 3.09. The van der Waals surface area contributed by atoms with Crippen molar-refractivity contribution < 1.29 is 20.1 Å². The molecule has 0 heterocycles. The van der Waals surface area contributed by atoms with Gasteiger partial charge in [-0.05, 0) is 13.8 Å². The lowest BCUT2D eigenvalue weighted by Crippen LogP contribution is -2.47. The monoisotopic (exact) mass is 226 g/mol. The van der Waals surface area contributed by atoms with Gasteiger partial charge in [0.15, 0.2) is 5.78 Å². The molecular weight excluding hydrogens is 208 g/mol. The van der Waals surface area contributed by atoms with E-state index >= 15 is 0 Å². The topological polar surface area (TPSA) is 77.8 Å². The second-order valence-electron chi connectivity index (χ2n) is 4.10. The Labute approximate surface area is 94.9 Å². The van der Waals surface area contributed by atoms with Crippen molar-refractivity contribution >= 4 is 5.78 Å². The summed E-state index contributed by atoms with van der Waals surface area (Å²) in [5.74, 6) is -1.32. The first kappa shape index (κ1) is 13.1. The van der Waals surface area contributed by atoms with Crippen LogP contribution < -0.4 is 0 Å². The van der Waals surface area contributed by atoms with Crippen molar-refractivity contribution in [2.24, 2.45) is 11.8 Å². The normalized spacial score (nSPS) is 36.6. The second-order valence-corrected chi connectivity index (χ2v) is 4.10. The summed E-state index contributed by atoms with van der Waals surface area (Å²) >= 11 is 0. The van der Waals surface area contributed by atoms with Crippen LogP contribution in [0.1, 0.15) is 13.8 Å². The average Bonchev–Trinajstić information content (AvgIpc) is 2.23. The van der Waals surface area contributed by atoms with E-state index in [1.807, 2.05) is 6.92 Å². The molecule has 1 aliphatic rings. The van der Waals surface area contributed by atoms with E-state index in [4.69, 9.17) is 0 Å². The molecule has 0 radical (unpaired) electrons. The summed E-state index contributed by atoms with van der Waals surface area (Å²) in [4.78, 5) is 11.2. The van der Waals surface area contributed by atoms with Crippen LogP contribution in [-0.2, 0) is 4.79 Å². The fraction of sp³-hybridized carbons (Fsp3) is 0.583. The summed E-state index contributed by atoms with van der Waals surface area (Å²) in [5, 5.41) is 29.0. The van der Waals surface area contributed by atoms with Crippen molar-refractivity contribution in [3.05, 3.63) is 24.3 Å². The van der Waals surface area contributed by atoms with Gasteiger partial charge in [0, 0.05) is 11.8 Å². The molecule has 0 aromatic rings. The maximum atomic E-state index is 11.2. The van der Waals surface area contributed by atoms with Crippen LogP contribution in [0.25, 0.3) is 0 Å². The van der Waals surface area contributed by atoms with E-state index in [-0.39, 0.29) is 5.92 Å². The molecule has 90 valence electrons. The van der Waals surface area contributed by atoms with E-state index in [9.17, 15) is 20.1 Å². The lowest BCUT2D eigenvalue weighted by Gasteiger charge is -2.35. The van der Waals surface area contributed by atoms with Crippen LogP contribution in [0.15, 0.2) is 24.3 Å². The van der Waals surface area contributed by atoms with Crippen molar-refractivity contribution in [1.29, 1.82) is 0 Å². The lowest BCUT2D eigenvalue weighted by molar-refractivity contribution is -0.134. The van der Waals surface area contributed by atoms with E-state index in [0.717, 1.165) is 0 Å². The maximum Gasteiger partial charge on any atom is 0.158 e. The van der Waals surface area contributed by atoms with E-state index < -0.39 is 30.0 Å². The van der Waals surface area contributed by atoms with Gasteiger partial charge in [0.1, 0.15) is 6.10 Å². The van der Waals surface area contributed by atoms with Gasteiger partial charge in [-0.1, -0.05) is 24.3 Å². The van der Waals surface area contributed by atoms with Crippen LogP contribution in [0.3, 0.4) is 0 Å². The largest absolute Gasteiger partial charge is 0.390 e. The number of carbonyl (C=O) groups is 1. The van der Waals surface area contributed by atoms with Gasteiger partial charge in [0.05, 0.1) is 12.2 Å². The zero-order valence-electron chi connectivity index (χ0n) is 9.45. The van der Waals surface area contributed by atoms with Crippen molar-refractivity contribution in [2.45, 2.75) is 32.2 Å². The highest BCUT2D eigenvalue weighted by atomic mass is 16.3. The Morgan fingerprint density at radius 3 is 2.50 bits per heavy atom. The smallest absolute Gasteiger partial charge is 0.158 e. The number of aliphatic hydroxyl groups excluding tert-OH is 3. The highest BCUT2D eigenvalue weighted by Gasteiger charge is 2.39. The minimum atomic E-state index is -1.25. The van der Waals surface area contributed by atoms with Crippen LogP contribution in [0, 0.1) is 11.8 Å². The number of hydrogen-bond donors (Lipinski definition) is 3. The highest BCUT2D eigenvalue weighted by molar-refractivity contribution is 5.80. The highest BCUT2D eigenvalue weighted by Crippen LogP contribution is 2.30. The van der Waals surface area contributed by atoms with Gasteiger partial charge in [-0.25, -0.2) is 0 Å². The molecule has 0 bridgehead atoms. The van der Waals surface area contributed by atoms with Crippen molar-refractivity contribution in [2.75, 3.05) is 0 Å². The minimum absolute atomic E-state index is 0.234. The predicted octanol–water partition coefficient (Wildman–Crippen LogP) is 0.0364. The number of carbonyl (C=O) groups excluding carboxylic acids is 1. The number of ketones is 1. The Kier molecular flexibility index (Phi) is 4.41. The number of rotatable bonds is 3. The molecule has 0 saturated carbocycles. The molecule has 0 amide bonds. The van der Waals surface area contributed by atoms with Crippen LogP contribution in [0.2, 0.25) is 0 Å². The van der Waals surface area contributed by atoms with Crippen molar-refractivity contribution in [1.82, 2.24) is 0 Å². The Morgan fingerprint density at radius 1 is 1.38 bits per heavy atom. The zero-order valence-corrected chi connectivity index (χ0v) is 9.45. The molecule has 0 saturated heterocycles. The molecule has 0 aliphatic heterocycles. The molecule has 5 atom stereocenters. The molecule has 0 fully saturated rings. The molecule has 0 aromatic heterocycles. The number of hydrogen-bond acceptors (Lipinski definition) is 4. The first-order valence-electron chi connectivity index (χ1n) is 5.34. The Hall–Kier alpha value is -0.970. The summed E-state index contributed by atoms with van der Waals surface area (Å²) in [5.41, 5.74) is 0. The van der Waals surface area contributed by atoms with Crippen molar-refractivity contribution in [3.8, 4) is 0 Å². The number of aliphatic hydroxyl groups is 3. The van der Waals surface area contributed by atoms with Gasteiger partial charge in [0.25, 0.3) is 0 Å². The predicted molar refractivity (Wildman–Crippen MR) is 59.6 cm³/mol. The van der Waals surface area contributed by atoms with E-state index in [1.165, 1.54) is 13.0 Å². The summed E-state index contributed by atoms with van der Waals surface area (Å²) in [6.07, 6.45) is 3.37. The van der Waals surface area contributed by atoms with Crippen LogP contribution in [0.5, 0.6) is 0 Å². The van der Waals surface area contributed by atoms with Crippen LogP contribution in [0.4, 0.5) is 0 Å². The Morgan fingerprint density at radius 2 is 2.00 bits per heavy atom. The van der Waals surface area contributed by atoms with E-state index in [1.54, 1.807) is 18.2 Å². The average molecular weight is 226 g/mol. The summed E-state index contributed by atoms with van der Waals surface area (Å²) < 4.78 is 0. The van der Waals surface area contributed by atoms with Gasteiger partial charge >= 0.3 is 0 Å².